The molecule has 0 bridgehead atoms. The van der Waals surface area contributed by atoms with Crippen LogP contribution >= 0.6 is 0 Å². The number of hydrogen-bond donors (Lipinski definition) is 2. The molecule has 1 aromatic carbocycles. The fourth-order valence-corrected chi connectivity index (χ4v) is 2.40. The third-order valence-corrected chi connectivity index (χ3v) is 3.45. The summed E-state index contributed by atoms with van der Waals surface area (Å²) in [6.45, 7) is 1.00. The first-order chi connectivity index (χ1) is 9.20. The van der Waals surface area contributed by atoms with Crippen molar-refractivity contribution in [3.63, 3.8) is 0 Å². The Morgan fingerprint density at radius 1 is 1.37 bits per heavy atom. The van der Waals surface area contributed by atoms with E-state index in [4.69, 9.17) is 0 Å². The van der Waals surface area contributed by atoms with Crippen LogP contribution in [-0.2, 0) is 11.3 Å². The van der Waals surface area contributed by atoms with Crippen molar-refractivity contribution in [1.82, 2.24) is 10.6 Å². The lowest BCUT2D eigenvalue weighted by Crippen LogP contribution is -2.27. The SMILES string of the molecule is O=C(CF)NCc1ccc(F)c(C2CCNCC2)c1. The summed E-state index contributed by atoms with van der Waals surface area (Å²) in [5, 5.41) is 5.69. The number of hydrogen-bond acceptors (Lipinski definition) is 2. The number of carbonyl (C=O) groups is 1. The van der Waals surface area contributed by atoms with Crippen LogP contribution in [0.3, 0.4) is 0 Å². The van der Waals surface area contributed by atoms with Crippen molar-refractivity contribution in [2.45, 2.75) is 25.3 Å². The van der Waals surface area contributed by atoms with Crippen LogP contribution in [0.2, 0.25) is 0 Å². The first-order valence-electron chi connectivity index (χ1n) is 6.52. The summed E-state index contributed by atoms with van der Waals surface area (Å²) in [6, 6.07) is 4.83. The van der Waals surface area contributed by atoms with Crippen LogP contribution in [-0.4, -0.2) is 25.7 Å². The highest BCUT2D eigenvalue weighted by atomic mass is 19.1. The second-order valence-corrected chi connectivity index (χ2v) is 4.79. The van der Waals surface area contributed by atoms with E-state index < -0.39 is 12.6 Å². The Hall–Kier alpha value is -1.49. The van der Waals surface area contributed by atoms with Gasteiger partial charge in [0.05, 0.1) is 0 Å². The molecule has 0 aromatic heterocycles. The van der Waals surface area contributed by atoms with E-state index >= 15 is 0 Å². The minimum absolute atomic E-state index is 0.201. The lowest BCUT2D eigenvalue weighted by atomic mass is 9.89. The number of benzene rings is 1. The molecule has 1 aliphatic heterocycles. The van der Waals surface area contributed by atoms with E-state index in [1.807, 2.05) is 0 Å². The van der Waals surface area contributed by atoms with Gasteiger partial charge in [-0.25, -0.2) is 8.78 Å². The summed E-state index contributed by atoms with van der Waals surface area (Å²) in [6.07, 6.45) is 1.83. The summed E-state index contributed by atoms with van der Waals surface area (Å²) >= 11 is 0. The van der Waals surface area contributed by atoms with Gasteiger partial charge >= 0.3 is 0 Å². The maximum Gasteiger partial charge on any atom is 0.251 e. The molecule has 2 rings (SSSR count). The molecule has 1 aromatic rings. The van der Waals surface area contributed by atoms with Crippen molar-refractivity contribution in [2.24, 2.45) is 0 Å². The van der Waals surface area contributed by atoms with Gasteiger partial charge in [-0.2, -0.15) is 0 Å². The Bertz CT molecular complexity index is 445. The van der Waals surface area contributed by atoms with E-state index in [1.54, 1.807) is 12.1 Å². The van der Waals surface area contributed by atoms with E-state index in [0.717, 1.165) is 31.5 Å². The molecule has 1 saturated heterocycles. The summed E-state index contributed by atoms with van der Waals surface area (Å²) < 4.78 is 25.9. The maximum absolute atomic E-state index is 13.9. The van der Waals surface area contributed by atoms with Crippen molar-refractivity contribution in [3.05, 3.63) is 35.1 Å². The van der Waals surface area contributed by atoms with Gasteiger partial charge in [0.1, 0.15) is 5.82 Å². The molecule has 1 heterocycles. The van der Waals surface area contributed by atoms with Crippen LogP contribution in [0.15, 0.2) is 18.2 Å². The second-order valence-electron chi connectivity index (χ2n) is 4.79. The average molecular weight is 268 g/mol. The summed E-state index contributed by atoms with van der Waals surface area (Å²) in [4.78, 5) is 10.9. The fraction of sp³-hybridized carbons (Fsp3) is 0.500. The van der Waals surface area contributed by atoms with Crippen LogP contribution < -0.4 is 10.6 Å². The molecule has 5 heteroatoms. The number of alkyl halides is 1. The van der Waals surface area contributed by atoms with Crippen molar-refractivity contribution in [2.75, 3.05) is 19.8 Å². The predicted molar refractivity (Wildman–Crippen MR) is 69.1 cm³/mol. The molecule has 2 N–H and O–H groups in total. The van der Waals surface area contributed by atoms with Gasteiger partial charge in [0.15, 0.2) is 6.67 Å². The third kappa shape index (κ3) is 3.73. The van der Waals surface area contributed by atoms with Gasteiger partial charge in [-0.1, -0.05) is 12.1 Å². The van der Waals surface area contributed by atoms with Crippen LogP contribution in [0.5, 0.6) is 0 Å². The Morgan fingerprint density at radius 3 is 2.79 bits per heavy atom. The summed E-state index contributed by atoms with van der Waals surface area (Å²) in [5.41, 5.74) is 1.50. The van der Waals surface area contributed by atoms with Gasteiger partial charge < -0.3 is 10.6 Å². The smallest absolute Gasteiger partial charge is 0.251 e. The standard InChI is InChI=1S/C14H18F2N2O/c15-8-14(19)18-9-10-1-2-13(16)12(7-10)11-3-5-17-6-4-11/h1-2,7,11,17H,3-6,8-9H2,(H,18,19). The number of piperidine rings is 1. The summed E-state index contributed by atoms with van der Waals surface area (Å²) in [5.74, 6) is -0.627. The lowest BCUT2D eigenvalue weighted by molar-refractivity contribution is -0.122. The second kappa shape index (κ2) is 6.61. The number of nitrogens with one attached hydrogen (secondary N) is 2. The monoisotopic (exact) mass is 268 g/mol. The quantitative estimate of drug-likeness (QED) is 0.875. The Kier molecular flexibility index (Phi) is 4.85. The highest BCUT2D eigenvalue weighted by Crippen LogP contribution is 2.28. The minimum atomic E-state index is -1.03. The van der Waals surface area contributed by atoms with Gasteiger partial charge in [0.25, 0.3) is 5.91 Å². The van der Waals surface area contributed by atoms with Gasteiger partial charge in [0.2, 0.25) is 0 Å². The molecule has 1 aliphatic rings. The van der Waals surface area contributed by atoms with Crippen molar-refractivity contribution in [1.29, 1.82) is 0 Å². The first kappa shape index (κ1) is 13.9. The zero-order valence-electron chi connectivity index (χ0n) is 10.7. The Labute approximate surface area is 111 Å². The van der Waals surface area contributed by atoms with Crippen molar-refractivity contribution < 1.29 is 13.6 Å². The van der Waals surface area contributed by atoms with Gasteiger partial charge in [0, 0.05) is 6.54 Å². The number of carbonyl (C=O) groups excluding carboxylic acids is 1. The predicted octanol–water partition coefficient (Wildman–Crippen LogP) is 1.88. The van der Waals surface area contributed by atoms with Crippen LogP contribution in [0.1, 0.15) is 29.9 Å². The van der Waals surface area contributed by atoms with E-state index in [0.29, 0.717) is 5.56 Å². The highest BCUT2D eigenvalue weighted by Gasteiger charge is 2.18. The topological polar surface area (TPSA) is 41.1 Å². The van der Waals surface area contributed by atoms with Crippen molar-refractivity contribution >= 4 is 5.91 Å². The minimum Gasteiger partial charge on any atom is -0.350 e. The Balaban J connectivity index is 2.07. The number of rotatable bonds is 4. The van der Waals surface area contributed by atoms with Crippen LogP contribution in [0, 0.1) is 5.82 Å². The summed E-state index contributed by atoms with van der Waals surface area (Å²) in [7, 11) is 0. The van der Waals surface area contributed by atoms with Crippen molar-refractivity contribution in [3.8, 4) is 0 Å². The van der Waals surface area contributed by atoms with E-state index in [2.05, 4.69) is 10.6 Å². The molecule has 1 fully saturated rings. The van der Waals surface area contributed by atoms with Gasteiger partial charge in [-0.05, 0) is 49.0 Å². The maximum atomic E-state index is 13.9. The molecule has 104 valence electrons. The number of halogens is 2. The molecule has 0 atom stereocenters. The Morgan fingerprint density at radius 2 is 2.11 bits per heavy atom. The molecule has 0 spiro atoms. The number of amides is 1. The lowest BCUT2D eigenvalue weighted by Gasteiger charge is -2.23. The highest BCUT2D eigenvalue weighted by molar-refractivity contribution is 5.76. The molecule has 19 heavy (non-hydrogen) atoms. The molecule has 0 radical (unpaired) electrons. The largest absolute Gasteiger partial charge is 0.350 e. The van der Waals surface area contributed by atoms with E-state index in [1.165, 1.54) is 6.07 Å². The molecule has 3 nitrogen and oxygen atoms in total. The molecular formula is C14H18F2N2O. The van der Waals surface area contributed by atoms with Crippen LogP contribution in [0.4, 0.5) is 8.78 Å². The zero-order valence-corrected chi connectivity index (χ0v) is 10.7. The average Bonchev–Trinajstić information content (AvgIpc) is 2.47. The molecule has 0 saturated carbocycles. The van der Waals surface area contributed by atoms with E-state index in [-0.39, 0.29) is 18.3 Å². The molecule has 0 unspecified atom stereocenters. The third-order valence-electron chi connectivity index (χ3n) is 3.45. The first-order valence-corrected chi connectivity index (χ1v) is 6.52. The molecule has 0 aliphatic carbocycles. The van der Waals surface area contributed by atoms with Crippen LogP contribution in [0.25, 0.3) is 0 Å². The molecule has 1 amide bonds. The zero-order chi connectivity index (χ0) is 13.7. The van der Waals surface area contributed by atoms with Gasteiger partial charge in [-0.3, -0.25) is 4.79 Å². The van der Waals surface area contributed by atoms with Gasteiger partial charge in [-0.15, -0.1) is 0 Å². The normalized spacial score (nSPS) is 16.3. The molecular weight excluding hydrogens is 250 g/mol. The fourth-order valence-electron chi connectivity index (χ4n) is 2.40. The van der Waals surface area contributed by atoms with E-state index in [9.17, 15) is 13.6 Å².